The normalized spacial score (nSPS) is 12.6. The van der Waals surface area contributed by atoms with Gasteiger partial charge in [-0.15, -0.1) is 10.2 Å². The molecular weight excluding hydrogens is 366 g/mol. The van der Waals surface area contributed by atoms with Crippen LogP contribution in [0.25, 0.3) is 0 Å². The topological polar surface area (TPSA) is 88.1 Å². The Bertz CT molecular complexity index is 910. The number of aromatic hydroxyl groups is 1. The molecule has 0 radical (unpaired) electrons. The average molecular weight is 390 g/mol. The minimum Gasteiger partial charge on any atom is -0.505 e. The summed E-state index contributed by atoms with van der Waals surface area (Å²) in [4.78, 5) is 10.6. The molecule has 0 aliphatic carbocycles. The van der Waals surface area contributed by atoms with Crippen LogP contribution in [-0.4, -0.2) is 10.0 Å². The average Bonchev–Trinajstić information content (AvgIpc) is 2.51. The number of nitro groups is 1. The van der Waals surface area contributed by atoms with Gasteiger partial charge in [-0.3, -0.25) is 10.1 Å². The molecule has 0 fully saturated rings. The van der Waals surface area contributed by atoms with Crippen molar-refractivity contribution in [2.75, 3.05) is 0 Å². The van der Waals surface area contributed by atoms with E-state index in [4.69, 9.17) is 11.6 Å². The summed E-state index contributed by atoms with van der Waals surface area (Å²) in [6, 6.07) is 7.80. The SMILES string of the molecule is CC(C)(C)c1cc(N=Nc2cc(Cl)ccc2[N+](=O)[O-])c(O)c(C(C)(C)C)c1. The van der Waals surface area contributed by atoms with E-state index < -0.39 is 4.92 Å². The molecule has 0 bridgehead atoms. The summed E-state index contributed by atoms with van der Waals surface area (Å²) < 4.78 is 0. The van der Waals surface area contributed by atoms with E-state index in [0.717, 1.165) is 11.1 Å². The lowest BCUT2D eigenvalue weighted by Gasteiger charge is -2.26. The molecule has 0 atom stereocenters. The largest absolute Gasteiger partial charge is 0.505 e. The molecule has 0 unspecified atom stereocenters. The molecule has 2 rings (SSSR count). The van der Waals surface area contributed by atoms with Gasteiger partial charge in [-0.2, -0.15) is 0 Å². The first-order valence-corrected chi connectivity index (χ1v) is 8.92. The minimum atomic E-state index is -0.545. The Morgan fingerprint density at radius 3 is 2.07 bits per heavy atom. The Balaban J connectivity index is 2.64. The van der Waals surface area contributed by atoms with Crippen LogP contribution in [0, 0.1) is 10.1 Å². The molecule has 0 aliphatic rings. The van der Waals surface area contributed by atoms with E-state index in [1.807, 2.05) is 26.8 Å². The summed E-state index contributed by atoms with van der Waals surface area (Å²) in [7, 11) is 0. The van der Waals surface area contributed by atoms with Gasteiger partial charge in [-0.25, -0.2) is 0 Å². The number of hydrogen-bond donors (Lipinski definition) is 1. The highest BCUT2D eigenvalue weighted by molar-refractivity contribution is 6.30. The molecule has 0 heterocycles. The van der Waals surface area contributed by atoms with Crippen LogP contribution in [0.1, 0.15) is 52.7 Å². The molecule has 0 amide bonds. The second-order valence-electron chi connectivity index (χ2n) is 8.48. The lowest BCUT2D eigenvalue weighted by molar-refractivity contribution is -0.384. The number of benzene rings is 2. The van der Waals surface area contributed by atoms with Crippen molar-refractivity contribution in [3.05, 3.63) is 56.6 Å². The fraction of sp³-hybridized carbons (Fsp3) is 0.400. The fourth-order valence-corrected chi connectivity index (χ4v) is 2.71. The summed E-state index contributed by atoms with van der Waals surface area (Å²) in [5.74, 6) is 0.0175. The molecule has 0 saturated carbocycles. The molecule has 7 heteroatoms. The van der Waals surface area contributed by atoms with Crippen molar-refractivity contribution in [2.45, 2.75) is 52.4 Å². The molecule has 144 valence electrons. The summed E-state index contributed by atoms with van der Waals surface area (Å²) in [6.07, 6.45) is 0. The van der Waals surface area contributed by atoms with Crippen LogP contribution in [0.2, 0.25) is 5.02 Å². The molecule has 27 heavy (non-hydrogen) atoms. The van der Waals surface area contributed by atoms with Crippen LogP contribution < -0.4 is 0 Å². The van der Waals surface area contributed by atoms with Crippen molar-refractivity contribution in [3.63, 3.8) is 0 Å². The number of rotatable bonds is 3. The van der Waals surface area contributed by atoms with Crippen molar-refractivity contribution >= 4 is 28.7 Å². The van der Waals surface area contributed by atoms with Gasteiger partial charge in [0.2, 0.25) is 0 Å². The van der Waals surface area contributed by atoms with E-state index >= 15 is 0 Å². The quantitative estimate of drug-likeness (QED) is 0.349. The highest BCUT2D eigenvalue weighted by Gasteiger charge is 2.25. The lowest BCUT2D eigenvalue weighted by atomic mass is 9.80. The van der Waals surface area contributed by atoms with Crippen LogP contribution in [0.3, 0.4) is 0 Å². The maximum Gasteiger partial charge on any atom is 0.296 e. The highest BCUT2D eigenvalue weighted by atomic mass is 35.5. The van der Waals surface area contributed by atoms with E-state index in [-0.39, 0.29) is 33.6 Å². The van der Waals surface area contributed by atoms with Gasteiger partial charge in [0.1, 0.15) is 11.4 Å². The number of hydrogen-bond acceptors (Lipinski definition) is 5. The summed E-state index contributed by atoms with van der Waals surface area (Å²) in [6.45, 7) is 12.2. The Kier molecular flexibility index (Phi) is 5.61. The van der Waals surface area contributed by atoms with Gasteiger partial charge >= 0.3 is 0 Å². The van der Waals surface area contributed by atoms with E-state index in [1.54, 1.807) is 6.07 Å². The van der Waals surface area contributed by atoms with Crippen LogP contribution in [0.5, 0.6) is 5.75 Å². The van der Waals surface area contributed by atoms with Crippen molar-refractivity contribution in [1.29, 1.82) is 0 Å². The molecule has 1 N–H and O–H groups in total. The van der Waals surface area contributed by atoms with Gasteiger partial charge in [-0.05, 0) is 34.6 Å². The third-order valence-electron chi connectivity index (χ3n) is 4.16. The van der Waals surface area contributed by atoms with Crippen LogP contribution >= 0.6 is 11.6 Å². The second kappa shape index (κ2) is 7.27. The second-order valence-corrected chi connectivity index (χ2v) is 8.92. The third kappa shape index (κ3) is 4.83. The van der Waals surface area contributed by atoms with Gasteiger partial charge in [0.15, 0.2) is 5.69 Å². The van der Waals surface area contributed by atoms with Crippen LogP contribution in [0.4, 0.5) is 17.1 Å². The maximum atomic E-state index is 11.2. The number of halogens is 1. The number of phenolic OH excluding ortho intramolecular Hbond substituents is 1. The molecule has 0 aliphatic heterocycles. The third-order valence-corrected chi connectivity index (χ3v) is 4.40. The summed E-state index contributed by atoms with van der Waals surface area (Å²) >= 11 is 5.93. The van der Waals surface area contributed by atoms with Gasteiger partial charge in [0.05, 0.1) is 4.92 Å². The molecule has 0 spiro atoms. The number of nitrogens with zero attached hydrogens (tertiary/aromatic N) is 3. The Labute approximate surface area is 164 Å². The molecule has 2 aromatic rings. The van der Waals surface area contributed by atoms with E-state index in [1.165, 1.54) is 18.2 Å². The van der Waals surface area contributed by atoms with Crippen molar-refractivity contribution in [3.8, 4) is 5.75 Å². The number of phenols is 1. The lowest BCUT2D eigenvalue weighted by Crippen LogP contribution is -2.16. The summed E-state index contributed by atoms with van der Waals surface area (Å²) in [5, 5.41) is 30.3. The molecule has 6 nitrogen and oxygen atoms in total. The smallest absolute Gasteiger partial charge is 0.296 e. The number of nitro benzene ring substituents is 1. The first kappa shape index (κ1) is 20.8. The van der Waals surface area contributed by atoms with Gasteiger partial charge in [-0.1, -0.05) is 59.2 Å². The predicted molar refractivity (Wildman–Crippen MR) is 108 cm³/mol. The van der Waals surface area contributed by atoms with Gasteiger partial charge in [0.25, 0.3) is 5.69 Å². The first-order valence-electron chi connectivity index (χ1n) is 8.54. The first-order chi connectivity index (χ1) is 12.3. The highest BCUT2D eigenvalue weighted by Crippen LogP contribution is 2.42. The molecule has 0 aromatic heterocycles. The van der Waals surface area contributed by atoms with Crippen LogP contribution in [0.15, 0.2) is 40.6 Å². The molecule has 2 aromatic carbocycles. The zero-order chi connectivity index (χ0) is 20.6. The zero-order valence-electron chi connectivity index (χ0n) is 16.4. The Morgan fingerprint density at radius 2 is 1.56 bits per heavy atom. The minimum absolute atomic E-state index is 0.0175. The Hall–Kier alpha value is -2.47. The van der Waals surface area contributed by atoms with Crippen LogP contribution in [-0.2, 0) is 10.8 Å². The monoisotopic (exact) mass is 389 g/mol. The van der Waals surface area contributed by atoms with E-state index in [0.29, 0.717) is 5.02 Å². The molecular formula is C20H24ClN3O3. The fourth-order valence-electron chi connectivity index (χ4n) is 2.54. The van der Waals surface area contributed by atoms with Crippen molar-refractivity contribution in [1.82, 2.24) is 0 Å². The zero-order valence-corrected chi connectivity index (χ0v) is 17.1. The van der Waals surface area contributed by atoms with Crippen molar-refractivity contribution in [2.24, 2.45) is 10.2 Å². The van der Waals surface area contributed by atoms with E-state index in [2.05, 4.69) is 31.0 Å². The summed E-state index contributed by atoms with van der Waals surface area (Å²) in [5.41, 5.74) is 1.35. The van der Waals surface area contributed by atoms with Gasteiger partial charge in [0, 0.05) is 16.7 Å². The Morgan fingerprint density at radius 1 is 0.963 bits per heavy atom. The van der Waals surface area contributed by atoms with Crippen molar-refractivity contribution < 1.29 is 10.0 Å². The maximum absolute atomic E-state index is 11.2. The van der Waals surface area contributed by atoms with Gasteiger partial charge < -0.3 is 5.11 Å². The number of azo groups is 1. The molecule has 0 saturated heterocycles. The standard InChI is InChI=1S/C20H24ClN3O3/c1-19(2,3)12-9-14(20(4,5)6)18(25)16(10-12)23-22-15-11-13(21)7-8-17(15)24(26)27/h7-11,25H,1-6H3. The van der Waals surface area contributed by atoms with E-state index in [9.17, 15) is 15.2 Å². The predicted octanol–water partition coefficient (Wildman–Crippen LogP) is 6.96.